The number of carboxylic acids is 1. The highest BCUT2D eigenvalue weighted by molar-refractivity contribution is 7.89. The van der Waals surface area contributed by atoms with Crippen LogP contribution in [0.4, 0.5) is 4.39 Å². The smallest absolute Gasteiger partial charge is 0.343 e. The Morgan fingerprint density at radius 2 is 1.85 bits per heavy atom. The molecule has 1 amide bonds. The number of hydrogen-bond acceptors (Lipinski definition) is 4. The molecule has 2 saturated heterocycles. The van der Waals surface area contributed by atoms with Crippen molar-refractivity contribution < 1.29 is 27.5 Å². The first-order chi connectivity index (χ1) is 12.3. The summed E-state index contributed by atoms with van der Waals surface area (Å²) in [7, 11) is -3.86. The van der Waals surface area contributed by atoms with E-state index < -0.39 is 40.2 Å². The number of sulfonamides is 1. The molecule has 0 aliphatic carbocycles. The van der Waals surface area contributed by atoms with E-state index in [9.17, 15) is 22.4 Å². The highest BCUT2D eigenvalue weighted by Crippen LogP contribution is 2.31. The molecule has 7 nitrogen and oxygen atoms in total. The maximum atomic E-state index is 14.3. The van der Waals surface area contributed by atoms with Gasteiger partial charge >= 0.3 is 5.97 Å². The van der Waals surface area contributed by atoms with Crippen molar-refractivity contribution in [2.45, 2.75) is 42.3 Å². The molecular weight excluding hydrogens is 363 g/mol. The van der Waals surface area contributed by atoms with Crippen molar-refractivity contribution in [2.75, 3.05) is 19.6 Å². The molecule has 142 valence electrons. The Labute approximate surface area is 151 Å². The maximum Gasteiger partial charge on any atom is 0.343 e. The molecule has 2 fully saturated rings. The molecule has 0 saturated carbocycles. The topological polar surface area (TPSA) is 95.0 Å². The lowest BCUT2D eigenvalue weighted by Crippen LogP contribution is -2.53. The zero-order chi connectivity index (χ0) is 18.9. The van der Waals surface area contributed by atoms with Crippen molar-refractivity contribution in [1.82, 2.24) is 9.21 Å². The van der Waals surface area contributed by atoms with Gasteiger partial charge in [0.25, 0.3) is 0 Å². The first kappa shape index (κ1) is 18.8. The standard InChI is InChI=1S/C17H21FN2O5S/c18-17(16(22)23)9-11-19(12-17)15(21)14-8-4-5-10-20(14)26(24,25)13-6-2-1-3-7-13/h1-3,6-7,14H,4-5,8-12H2,(H,22,23). The van der Waals surface area contributed by atoms with Gasteiger partial charge in [0.1, 0.15) is 6.04 Å². The monoisotopic (exact) mass is 384 g/mol. The van der Waals surface area contributed by atoms with Gasteiger partial charge in [0.15, 0.2) is 0 Å². The van der Waals surface area contributed by atoms with Crippen LogP contribution >= 0.6 is 0 Å². The van der Waals surface area contributed by atoms with E-state index in [1.807, 2.05) is 0 Å². The first-order valence-corrected chi connectivity index (χ1v) is 9.98. The highest BCUT2D eigenvalue weighted by Gasteiger charge is 2.49. The summed E-state index contributed by atoms with van der Waals surface area (Å²) >= 11 is 0. The average Bonchev–Trinajstić information content (AvgIpc) is 3.05. The number of benzene rings is 1. The molecular formula is C17H21FN2O5S. The first-order valence-electron chi connectivity index (χ1n) is 8.54. The van der Waals surface area contributed by atoms with Crippen LogP contribution in [0.15, 0.2) is 35.2 Å². The number of rotatable bonds is 4. The third-order valence-electron chi connectivity index (χ3n) is 5.00. The molecule has 2 unspecified atom stereocenters. The Morgan fingerprint density at radius 1 is 1.15 bits per heavy atom. The zero-order valence-corrected chi connectivity index (χ0v) is 15.0. The van der Waals surface area contributed by atoms with Crippen LogP contribution in [0, 0.1) is 0 Å². The van der Waals surface area contributed by atoms with Crippen molar-refractivity contribution in [1.29, 1.82) is 0 Å². The zero-order valence-electron chi connectivity index (χ0n) is 14.2. The molecule has 0 bridgehead atoms. The van der Waals surface area contributed by atoms with Gasteiger partial charge in [0.05, 0.1) is 11.4 Å². The Bertz CT molecular complexity index is 801. The lowest BCUT2D eigenvalue weighted by atomic mass is 10.0. The van der Waals surface area contributed by atoms with Gasteiger partial charge in [-0.15, -0.1) is 0 Å². The lowest BCUT2D eigenvalue weighted by molar-refractivity contribution is -0.150. The summed E-state index contributed by atoms with van der Waals surface area (Å²) in [5.74, 6) is -2.12. The van der Waals surface area contributed by atoms with Crippen molar-refractivity contribution in [3.05, 3.63) is 30.3 Å². The van der Waals surface area contributed by atoms with E-state index in [2.05, 4.69) is 0 Å². The summed E-state index contributed by atoms with van der Waals surface area (Å²) in [6, 6.07) is 6.94. The van der Waals surface area contributed by atoms with Gasteiger partial charge in [-0.3, -0.25) is 4.79 Å². The lowest BCUT2D eigenvalue weighted by Gasteiger charge is -2.35. The third kappa shape index (κ3) is 3.33. The second-order valence-electron chi connectivity index (χ2n) is 6.72. The van der Waals surface area contributed by atoms with Crippen LogP contribution in [0.3, 0.4) is 0 Å². The van der Waals surface area contributed by atoms with Crippen LogP contribution in [0.5, 0.6) is 0 Å². The predicted octanol–water partition coefficient (Wildman–Crippen LogP) is 1.26. The number of carbonyl (C=O) groups is 2. The SMILES string of the molecule is O=C(C1CCCCN1S(=O)(=O)c1ccccc1)N1CCC(F)(C(=O)O)C1. The number of hydrogen-bond donors (Lipinski definition) is 1. The van der Waals surface area contributed by atoms with Gasteiger partial charge in [-0.05, 0) is 25.0 Å². The summed E-state index contributed by atoms with van der Waals surface area (Å²) < 4.78 is 41.3. The van der Waals surface area contributed by atoms with E-state index in [-0.39, 0.29) is 24.4 Å². The number of amides is 1. The number of piperidine rings is 1. The summed E-state index contributed by atoms with van der Waals surface area (Å²) in [5, 5.41) is 8.99. The minimum atomic E-state index is -3.86. The van der Waals surface area contributed by atoms with Crippen LogP contribution in [-0.4, -0.2) is 66.0 Å². The van der Waals surface area contributed by atoms with Gasteiger partial charge in [-0.1, -0.05) is 24.6 Å². The molecule has 1 aromatic rings. The minimum Gasteiger partial charge on any atom is -0.479 e. The van der Waals surface area contributed by atoms with E-state index in [1.54, 1.807) is 18.2 Å². The third-order valence-corrected chi connectivity index (χ3v) is 6.93. The molecule has 0 radical (unpaired) electrons. The second kappa shape index (κ2) is 6.96. The Hall–Kier alpha value is -2.00. The summed E-state index contributed by atoms with van der Waals surface area (Å²) in [6.07, 6.45) is 1.38. The number of halogens is 1. The molecule has 2 aliphatic heterocycles. The van der Waals surface area contributed by atoms with E-state index in [4.69, 9.17) is 5.11 Å². The molecule has 0 spiro atoms. The number of alkyl halides is 1. The van der Waals surface area contributed by atoms with E-state index >= 15 is 0 Å². The molecule has 9 heteroatoms. The molecule has 2 heterocycles. The number of carboxylic acid groups (broad SMARTS) is 1. The van der Waals surface area contributed by atoms with Crippen LogP contribution in [0.25, 0.3) is 0 Å². The highest BCUT2D eigenvalue weighted by atomic mass is 32.2. The number of aliphatic carboxylic acids is 1. The second-order valence-corrected chi connectivity index (χ2v) is 8.61. The summed E-state index contributed by atoms with van der Waals surface area (Å²) in [4.78, 5) is 25.2. The van der Waals surface area contributed by atoms with E-state index in [1.165, 1.54) is 16.4 Å². The van der Waals surface area contributed by atoms with Crippen molar-refractivity contribution in [2.24, 2.45) is 0 Å². The normalized spacial score (nSPS) is 27.4. The Morgan fingerprint density at radius 3 is 2.46 bits per heavy atom. The molecule has 0 aromatic heterocycles. The molecule has 3 rings (SSSR count). The fourth-order valence-electron chi connectivity index (χ4n) is 3.51. The Balaban J connectivity index is 1.84. The van der Waals surface area contributed by atoms with Crippen molar-refractivity contribution in [3.63, 3.8) is 0 Å². The van der Waals surface area contributed by atoms with Gasteiger partial charge in [0.2, 0.25) is 21.6 Å². The summed E-state index contributed by atoms with van der Waals surface area (Å²) in [6.45, 7) is -0.366. The minimum absolute atomic E-state index is 0.0304. The number of likely N-dealkylation sites (tertiary alicyclic amines) is 1. The molecule has 26 heavy (non-hydrogen) atoms. The van der Waals surface area contributed by atoms with E-state index in [0.717, 1.165) is 4.90 Å². The average molecular weight is 384 g/mol. The fraction of sp³-hybridized carbons (Fsp3) is 0.529. The molecule has 2 atom stereocenters. The molecule has 2 aliphatic rings. The quantitative estimate of drug-likeness (QED) is 0.843. The molecule has 1 N–H and O–H groups in total. The molecule has 1 aromatic carbocycles. The van der Waals surface area contributed by atoms with E-state index in [0.29, 0.717) is 19.3 Å². The fourth-order valence-corrected chi connectivity index (χ4v) is 5.19. The van der Waals surface area contributed by atoms with Gasteiger partial charge in [0, 0.05) is 19.5 Å². The maximum absolute atomic E-state index is 14.3. The van der Waals surface area contributed by atoms with Gasteiger partial charge in [-0.25, -0.2) is 17.6 Å². The van der Waals surface area contributed by atoms with Gasteiger partial charge in [-0.2, -0.15) is 4.31 Å². The Kier molecular flexibility index (Phi) is 5.03. The van der Waals surface area contributed by atoms with Crippen molar-refractivity contribution >= 4 is 21.9 Å². The van der Waals surface area contributed by atoms with Crippen molar-refractivity contribution in [3.8, 4) is 0 Å². The number of nitrogens with zero attached hydrogens (tertiary/aromatic N) is 2. The largest absolute Gasteiger partial charge is 0.479 e. The van der Waals surface area contributed by atoms with Crippen LogP contribution in [0.1, 0.15) is 25.7 Å². The van der Waals surface area contributed by atoms with Gasteiger partial charge < -0.3 is 10.0 Å². The summed E-state index contributed by atoms with van der Waals surface area (Å²) in [5.41, 5.74) is -2.46. The predicted molar refractivity (Wildman–Crippen MR) is 90.6 cm³/mol. The van der Waals surface area contributed by atoms with Crippen LogP contribution in [-0.2, 0) is 19.6 Å². The number of carbonyl (C=O) groups excluding carboxylic acids is 1. The van der Waals surface area contributed by atoms with Crippen LogP contribution < -0.4 is 0 Å². The van der Waals surface area contributed by atoms with Crippen LogP contribution in [0.2, 0.25) is 0 Å².